The van der Waals surface area contributed by atoms with Gasteiger partial charge in [0.2, 0.25) is 0 Å². The van der Waals surface area contributed by atoms with E-state index in [-0.39, 0.29) is 0 Å². The van der Waals surface area contributed by atoms with Crippen molar-refractivity contribution in [2.24, 2.45) is 5.92 Å². The average molecular weight is 353 g/mol. The molecular weight excluding hydrogens is 324 g/mol. The van der Waals surface area contributed by atoms with E-state index in [1.54, 1.807) is 0 Å². The molecule has 0 saturated heterocycles. The van der Waals surface area contributed by atoms with Crippen molar-refractivity contribution < 1.29 is 0 Å². The first-order valence-corrected chi connectivity index (χ1v) is 9.05. The minimum Gasteiger partial charge on any atom is -0.371 e. The van der Waals surface area contributed by atoms with Crippen molar-refractivity contribution in [1.29, 1.82) is 0 Å². The third kappa shape index (κ3) is 4.01. The van der Waals surface area contributed by atoms with E-state index in [4.69, 9.17) is 0 Å². The van der Waals surface area contributed by atoms with E-state index in [2.05, 4.69) is 65.2 Å². The molecule has 0 spiro atoms. The number of rotatable bonds is 5. The molecule has 1 atom stereocenters. The first-order valence-electron chi connectivity index (χ1n) is 8.26. The first kappa shape index (κ1) is 16.8. The Morgan fingerprint density at radius 1 is 1.29 bits per heavy atom. The van der Waals surface area contributed by atoms with Crippen molar-refractivity contribution in [3.63, 3.8) is 0 Å². The summed E-state index contributed by atoms with van der Waals surface area (Å²) in [7, 11) is 4.30. The number of benzene rings is 1. The molecule has 118 valence electrons. The van der Waals surface area contributed by atoms with E-state index in [0.717, 1.165) is 5.92 Å². The van der Waals surface area contributed by atoms with E-state index in [9.17, 15) is 0 Å². The van der Waals surface area contributed by atoms with Gasteiger partial charge in [-0.05, 0) is 63.3 Å². The lowest BCUT2D eigenvalue weighted by molar-refractivity contribution is 0.313. The highest BCUT2D eigenvalue weighted by molar-refractivity contribution is 9.10. The van der Waals surface area contributed by atoms with E-state index < -0.39 is 0 Å². The summed E-state index contributed by atoms with van der Waals surface area (Å²) in [6, 6.07) is 7.73. The van der Waals surface area contributed by atoms with Crippen LogP contribution < -0.4 is 10.2 Å². The zero-order chi connectivity index (χ0) is 15.4. The van der Waals surface area contributed by atoms with Crippen LogP contribution in [0.5, 0.6) is 0 Å². The van der Waals surface area contributed by atoms with Gasteiger partial charge in [-0.15, -0.1) is 0 Å². The highest BCUT2D eigenvalue weighted by Gasteiger charge is 2.25. The summed E-state index contributed by atoms with van der Waals surface area (Å²) in [6.07, 6.45) is 6.77. The molecule has 3 heteroatoms. The number of hydrogen-bond donors (Lipinski definition) is 1. The van der Waals surface area contributed by atoms with Crippen molar-refractivity contribution in [1.82, 2.24) is 5.32 Å². The Labute approximate surface area is 138 Å². The molecule has 2 rings (SSSR count). The fraction of sp³-hybridized carbons (Fsp3) is 0.667. The predicted octanol–water partition coefficient (Wildman–Crippen LogP) is 5.13. The third-order valence-electron chi connectivity index (χ3n) is 5.21. The fourth-order valence-electron chi connectivity index (χ4n) is 3.48. The summed E-state index contributed by atoms with van der Waals surface area (Å²) in [5.74, 6) is 0.952. The van der Waals surface area contributed by atoms with Gasteiger partial charge in [-0.25, -0.2) is 0 Å². The van der Waals surface area contributed by atoms with Crippen molar-refractivity contribution >= 4 is 21.6 Å². The molecule has 21 heavy (non-hydrogen) atoms. The smallest absolute Gasteiger partial charge is 0.0425 e. The van der Waals surface area contributed by atoms with Crippen LogP contribution in [0.3, 0.4) is 0 Å². The molecule has 1 aromatic rings. The molecule has 1 unspecified atom stereocenters. The maximum atomic E-state index is 3.63. The van der Waals surface area contributed by atoms with E-state index in [1.165, 1.54) is 47.8 Å². The Bertz CT molecular complexity index is 453. The van der Waals surface area contributed by atoms with Crippen molar-refractivity contribution in [3.05, 3.63) is 28.2 Å². The number of nitrogens with one attached hydrogen (secondary N) is 1. The molecule has 1 saturated carbocycles. The van der Waals surface area contributed by atoms with Crippen LogP contribution in [0.25, 0.3) is 0 Å². The Balaban J connectivity index is 2.18. The second-order valence-corrected chi connectivity index (χ2v) is 7.32. The van der Waals surface area contributed by atoms with Gasteiger partial charge in [-0.2, -0.15) is 0 Å². The SMILES string of the molecule is CCC1CCC(N(C)c2cc(Br)ccc2C(C)NC)CC1. The van der Waals surface area contributed by atoms with Crippen LogP contribution in [-0.2, 0) is 0 Å². The summed E-state index contributed by atoms with van der Waals surface area (Å²) < 4.78 is 1.17. The van der Waals surface area contributed by atoms with Crippen LogP contribution in [0.15, 0.2) is 22.7 Å². The van der Waals surface area contributed by atoms with Crippen LogP contribution in [0, 0.1) is 5.92 Å². The molecule has 0 aliphatic heterocycles. The summed E-state index contributed by atoms with van der Waals surface area (Å²) in [4.78, 5) is 2.51. The van der Waals surface area contributed by atoms with Crippen molar-refractivity contribution in [3.8, 4) is 0 Å². The lowest BCUT2D eigenvalue weighted by atomic mass is 9.83. The van der Waals surface area contributed by atoms with Crippen LogP contribution in [0.4, 0.5) is 5.69 Å². The zero-order valence-electron chi connectivity index (χ0n) is 13.8. The predicted molar refractivity (Wildman–Crippen MR) is 96.1 cm³/mol. The second-order valence-electron chi connectivity index (χ2n) is 6.41. The van der Waals surface area contributed by atoms with Gasteiger partial charge < -0.3 is 10.2 Å². The molecule has 0 heterocycles. The topological polar surface area (TPSA) is 15.3 Å². The minimum absolute atomic E-state index is 0.377. The zero-order valence-corrected chi connectivity index (χ0v) is 15.4. The van der Waals surface area contributed by atoms with Crippen LogP contribution >= 0.6 is 15.9 Å². The van der Waals surface area contributed by atoms with Gasteiger partial charge in [0.05, 0.1) is 0 Å². The third-order valence-corrected chi connectivity index (χ3v) is 5.71. The molecular formula is C18H29BrN2. The maximum Gasteiger partial charge on any atom is 0.0425 e. The molecule has 1 aromatic carbocycles. The summed E-state index contributed by atoms with van der Waals surface area (Å²) in [6.45, 7) is 4.56. The van der Waals surface area contributed by atoms with E-state index >= 15 is 0 Å². The lowest BCUT2D eigenvalue weighted by Crippen LogP contribution is -2.36. The second kappa shape index (κ2) is 7.64. The first-order chi connectivity index (χ1) is 10.1. The van der Waals surface area contributed by atoms with Gasteiger partial charge in [0.1, 0.15) is 0 Å². The van der Waals surface area contributed by atoms with E-state index in [1.807, 2.05) is 7.05 Å². The summed E-state index contributed by atoms with van der Waals surface area (Å²) in [5.41, 5.74) is 2.76. The summed E-state index contributed by atoms with van der Waals surface area (Å²) in [5, 5.41) is 3.37. The molecule has 2 nitrogen and oxygen atoms in total. The van der Waals surface area contributed by atoms with Gasteiger partial charge in [0.15, 0.2) is 0 Å². The molecule has 1 fully saturated rings. The quantitative estimate of drug-likeness (QED) is 0.789. The Morgan fingerprint density at radius 2 is 1.95 bits per heavy atom. The molecule has 1 aliphatic rings. The van der Waals surface area contributed by atoms with Gasteiger partial charge in [-0.3, -0.25) is 0 Å². The van der Waals surface area contributed by atoms with Crippen molar-refractivity contribution in [2.45, 2.75) is 58.0 Å². The number of anilines is 1. The van der Waals surface area contributed by atoms with Crippen LogP contribution in [0.1, 0.15) is 57.6 Å². The molecule has 0 aromatic heterocycles. The molecule has 0 bridgehead atoms. The maximum absolute atomic E-state index is 3.63. The minimum atomic E-state index is 0.377. The number of hydrogen-bond acceptors (Lipinski definition) is 2. The monoisotopic (exact) mass is 352 g/mol. The Kier molecular flexibility index (Phi) is 6.12. The van der Waals surface area contributed by atoms with Crippen LogP contribution in [0.2, 0.25) is 0 Å². The van der Waals surface area contributed by atoms with Gasteiger partial charge in [0, 0.05) is 29.3 Å². The van der Waals surface area contributed by atoms with Gasteiger partial charge in [-0.1, -0.05) is 35.3 Å². The van der Waals surface area contributed by atoms with Gasteiger partial charge in [0.25, 0.3) is 0 Å². The normalized spacial score (nSPS) is 23.9. The molecule has 0 amide bonds. The summed E-state index contributed by atoms with van der Waals surface area (Å²) >= 11 is 3.63. The molecule has 1 aliphatic carbocycles. The molecule has 0 radical (unpaired) electrons. The lowest BCUT2D eigenvalue weighted by Gasteiger charge is -2.37. The van der Waals surface area contributed by atoms with Crippen molar-refractivity contribution in [2.75, 3.05) is 19.0 Å². The number of nitrogens with zero attached hydrogens (tertiary/aromatic N) is 1. The highest BCUT2D eigenvalue weighted by atomic mass is 79.9. The largest absolute Gasteiger partial charge is 0.371 e. The van der Waals surface area contributed by atoms with E-state index in [0.29, 0.717) is 12.1 Å². The fourth-order valence-corrected chi connectivity index (χ4v) is 3.83. The Morgan fingerprint density at radius 3 is 2.52 bits per heavy atom. The van der Waals surface area contributed by atoms with Gasteiger partial charge >= 0.3 is 0 Å². The van der Waals surface area contributed by atoms with Crippen LogP contribution in [-0.4, -0.2) is 20.1 Å². The highest BCUT2D eigenvalue weighted by Crippen LogP contribution is 2.35. The number of halogens is 1. The standard InChI is InChI=1S/C18H29BrN2/c1-5-14-6-9-16(10-7-14)21(4)18-12-15(19)8-11-17(18)13(2)20-3/h8,11-14,16,20H,5-7,9-10H2,1-4H3. The average Bonchev–Trinajstić information content (AvgIpc) is 2.53. The molecule has 1 N–H and O–H groups in total. The Hall–Kier alpha value is -0.540.